The monoisotopic (exact) mass is 391 g/mol. The second-order valence-electron chi connectivity index (χ2n) is 8.30. The van der Waals surface area contributed by atoms with E-state index in [9.17, 15) is 9.59 Å². The molecule has 2 aromatic rings. The number of aromatic nitrogens is 1. The Morgan fingerprint density at radius 2 is 2.03 bits per heavy atom. The molecule has 1 aromatic carbocycles. The zero-order valence-electron chi connectivity index (χ0n) is 16.5. The standard InChI is InChI=1S/C23H25N3O3/c1-26-20-5-3-2-4-15(20)11-18(23(26)28)16-10-17(13-24-12-16)29-22(19-8-9-25-19)21(27)14-6-7-14/h2-5,10,12-14,18-19,22,25H,6-9,11H2,1H3/t18?,19?,22-/m0/s1. The zero-order valence-corrected chi connectivity index (χ0v) is 16.5. The maximum Gasteiger partial charge on any atom is 0.234 e. The molecule has 2 fully saturated rings. The van der Waals surface area contributed by atoms with Crippen molar-refractivity contribution in [3.05, 3.63) is 53.9 Å². The Balaban J connectivity index is 1.39. The molecule has 5 rings (SSSR count). The Hall–Kier alpha value is -2.73. The number of ether oxygens (including phenoxy) is 1. The SMILES string of the molecule is CN1C(=O)C(c2cncc(O[C@H](C(=O)C3CC3)C3CCN3)c2)Cc2ccccc21. The topological polar surface area (TPSA) is 71.5 Å². The van der Waals surface area contributed by atoms with Gasteiger partial charge < -0.3 is 15.0 Å². The van der Waals surface area contributed by atoms with Crippen molar-refractivity contribution in [1.82, 2.24) is 10.3 Å². The van der Waals surface area contributed by atoms with Gasteiger partial charge in [-0.2, -0.15) is 0 Å². The van der Waals surface area contributed by atoms with E-state index in [-0.39, 0.29) is 29.6 Å². The number of ketones is 1. The number of carbonyl (C=O) groups is 2. The number of Topliss-reactive ketones (excluding diaryl/α,β-unsaturated/α-hetero) is 1. The number of amides is 1. The highest BCUT2D eigenvalue weighted by Crippen LogP contribution is 2.36. The van der Waals surface area contributed by atoms with Crippen LogP contribution in [0.15, 0.2) is 42.7 Å². The quantitative estimate of drug-likeness (QED) is 0.819. The lowest BCUT2D eigenvalue weighted by molar-refractivity contribution is -0.129. The van der Waals surface area contributed by atoms with Crippen molar-refractivity contribution in [2.24, 2.45) is 5.92 Å². The average Bonchev–Trinajstić information content (AvgIpc) is 3.54. The molecule has 3 heterocycles. The van der Waals surface area contributed by atoms with Crippen molar-refractivity contribution in [2.75, 3.05) is 18.5 Å². The van der Waals surface area contributed by atoms with Gasteiger partial charge in [0, 0.05) is 24.8 Å². The lowest BCUT2D eigenvalue weighted by Crippen LogP contribution is -2.56. The summed E-state index contributed by atoms with van der Waals surface area (Å²) in [5, 5.41) is 3.30. The fourth-order valence-electron chi connectivity index (χ4n) is 4.28. The number of nitrogens with one attached hydrogen (secondary N) is 1. The lowest BCUT2D eigenvalue weighted by atomic mass is 9.87. The number of rotatable bonds is 6. The fourth-order valence-corrected chi connectivity index (χ4v) is 4.28. The Bertz CT molecular complexity index is 952. The van der Waals surface area contributed by atoms with Crippen molar-refractivity contribution < 1.29 is 14.3 Å². The van der Waals surface area contributed by atoms with Crippen LogP contribution in [0.25, 0.3) is 0 Å². The van der Waals surface area contributed by atoms with Crippen molar-refractivity contribution in [2.45, 2.75) is 43.7 Å². The Labute approximate surface area is 170 Å². The number of pyridine rings is 1. The Morgan fingerprint density at radius 3 is 2.76 bits per heavy atom. The van der Waals surface area contributed by atoms with Crippen LogP contribution in [0.2, 0.25) is 0 Å². The molecule has 3 aliphatic rings. The van der Waals surface area contributed by atoms with E-state index < -0.39 is 6.10 Å². The molecular weight excluding hydrogens is 366 g/mol. The van der Waals surface area contributed by atoms with Crippen LogP contribution in [0.4, 0.5) is 5.69 Å². The predicted octanol–water partition coefficient (Wildman–Crippen LogP) is 2.47. The molecule has 1 saturated carbocycles. The summed E-state index contributed by atoms with van der Waals surface area (Å²) in [6.07, 6.45) is 6.41. The van der Waals surface area contributed by atoms with Crippen LogP contribution in [0.5, 0.6) is 5.75 Å². The van der Waals surface area contributed by atoms with Gasteiger partial charge in [0.1, 0.15) is 5.75 Å². The highest BCUT2D eigenvalue weighted by atomic mass is 16.5. The first kappa shape index (κ1) is 18.3. The summed E-state index contributed by atoms with van der Waals surface area (Å²) in [6, 6.07) is 9.93. The number of nitrogens with zero attached hydrogens (tertiary/aromatic N) is 2. The molecule has 150 valence electrons. The summed E-state index contributed by atoms with van der Waals surface area (Å²) in [6.45, 7) is 0.920. The fraction of sp³-hybridized carbons (Fsp3) is 0.435. The van der Waals surface area contributed by atoms with Gasteiger partial charge in [-0.1, -0.05) is 18.2 Å². The smallest absolute Gasteiger partial charge is 0.234 e. The van der Waals surface area contributed by atoms with Crippen LogP contribution < -0.4 is 15.0 Å². The summed E-state index contributed by atoms with van der Waals surface area (Å²) in [4.78, 5) is 31.7. The van der Waals surface area contributed by atoms with Gasteiger partial charge in [0.15, 0.2) is 11.9 Å². The molecule has 6 heteroatoms. The normalized spacial score (nSPS) is 24.4. The highest BCUT2D eigenvalue weighted by Gasteiger charge is 2.42. The maximum atomic E-state index is 13.0. The van der Waals surface area contributed by atoms with E-state index in [1.165, 1.54) is 0 Å². The predicted molar refractivity (Wildman–Crippen MR) is 109 cm³/mol. The number of anilines is 1. The van der Waals surface area contributed by atoms with E-state index in [1.807, 2.05) is 31.3 Å². The minimum Gasteiger partial charge on any atom is -0.479 e. The third kappa shape index (κ3) is 3.42. The number of carbonyl (C=O) groups excluding carboxylic acids is 2. The first-order chi connectivity index (χ1) is 14.1. The van der Waals surface area contributed by atoms with Crippen molar-refractivity contribution >= 4 is 17.4 Å². The van der Waals surface area contributed by atoms with Crippen LogP contribution >= 0.6 is 0 Å². The molecule has 3 atom stereocenters. The molecule has 6 nitrogen and oxygen atoms in total. The van der Waals surface area contributed by atoms with Crippen LogP contribution in [0.3, 0.4) is 0 Å². The van der Waals surface area contributed by atoms with Gasteiger partial charge in [-0.25, -0.2) is 0 Å². The van der Waals surface area contributed by atoms with E-state index in [1.54, 1.807) is 17.3 Å². The van der Waals surface area contributed by atoms with Gasteiger partial charge in [-0.15, -0.1) is 0 Å². The Kier molecular flexibility index (Phi) is 4.59. The van der Waals surface area contributed by atoms with E-state index in [0.717, 1.165) is 42.6 Å². The van der Waals surface area contributed by atoms with E-state index in [4.69, 9.17) is 4.74 Å². The number of fused-ring (bicyclic) bond motifs is 1. The highest BCUT2D eigenvalue weighted by molar-refractivity contribution is 6.00. The van der Waals surface area contributed by atoms with Crippen LogP contribution in [0.1, 0.15) is 36.3 Å². The van der Waals surface area contributed by atoms with Gasteiger partial charge in [-0.05, 0) is 55.5 Å². The summed E-state index contributed by atoms with van der Waals surface area (Å²) in [5.74, 6) is 0.641. The lowest BCUT2D eigenvalue weighted by Gasteiger charge is -2.34. The summed E-state index contributed by atoms with van der Waals surface area (Å²) >= 11 is 0. The number of hydrogen-bond donors (Lipinski definition) is 1. The van der Waals surface area contributed by atoms with Crippen molar-refractivity contribution in [3.8, 4) is 5.75 Å². The largest absolute Gasteiger partial charge is 0.479 e. The average molecular weight is 391 g/mol. The third-order valence-corrected chi connectivity index (χ3v) is 6.29. The van der Waals surface area contributed by atoms with Crippen molar-refractivity contribution in [1.29, 1.82) is 0 Å². The van der Waals surface area contributed by atoms with Crippen LogP contribution in [-0.2, 0) is 16.0 Å². The van der Waals surface area contributed by atoms with Crippen molar-refractivity contribution in [3.63, 3.8) is 0 Å². The molecule has 1 aromatic heterocycles. The van der Waals surface area contributed by atoms with E-state index in [0.29, 0.717) is 12.2 Å². The first-order valence-electron chi connectivity index (χ1n) is 10.4. The number of likely N-dealkylation sites (N-methyl/N-ethyl adjacent to an activating group) is 1. The maximum absolute atomic E-state index is 13.0. The minimum absolute atomic E-state index is 0.0499. The molecule has 1 aliphatic carbocycles. The number of hydrogen-bond acceptors (Lipinski definition) is 5. The molecule has 1 N–H and O–H groups in total. The van der Waals surface area contributed by atoms with Crippen LogP contribution in [0, 0.1) is 5.92 Å². The van der Waals surface area contributed by atoms with Crippen LogP contribution in [-0.4, -0.2) is 42.4 Å². The second-order valence-corrected chi connectivity index (χ2v) is 8.30. The molecule has 0 bridgehead atoms. The molecule has 2 aliphatic heterocycles. The van der Waals surface area contributed by atoms with Gasteiger partial charge >= 0.3 is 0 Å². The van der Waals surface area contributed by atoms with Gasteiger partial charge in [-0.3, -0.25) is 14.6 Å². The van der Waals surface area contributed by atoms with Gasteiger partial charge in [0.05, 0.1) is 18.2 Å². The molecule has 2 unspecified atom stereocenters. The molecular formula is C23H25N3O3. The second kappa shape index (κ2) is 7.26. The molecule has 1 saturated heterocycles. The molecule has 0 radical (unpaired) electrons. The molecule has 1 amide bonds. The van der Waals surface area contributed by atoms with Gasteiger partial charge in [0.25, 0.3) is 0 Å². The minimum atomic E-state index is -0.473. The number of para-hydroxylation sites is 1. The van der Waals surface area contributed by atoms with E-state index in [2.05, 4.69) is 16.4 Å². The summed E-state index contributed by atoms with van der Waals surface area (Å²) in [7, 11) is 1.81. The zero-order chi connectivity index (χ0) is 20.0. The molecule has 29 heavy (non-hydrogen) atoms. The molecule has 0 spiro atoms. The third-order valence-electron chi connectivity index (χ3n) is 6.29. The first-order valence-corrected chi connectivity index (χ1v) is 10.4. The Morgan fingerprint density at radius 1 is 1.24 bits per heavy atom. The van der Waals surface area contributed by atoms with Gasteiger partial charge in [0.2, 0.25) is 5.91 Å². The summed E-state index contributed by atoms with van der Waals surface area (Å²) in [5.41, 5.74) is 2.93. The number of benzene rings is 1. The summed E-state index contributed by atoms with van der Waals surface area (Å²) < 4.78 is 6.15. The van der Waals surface area contributed by atoms with E-state index >= 15 is 0 Å².